The van der Waals surface area contributed by atoms with Gasteiger partial charge in [-0.1, -0.05) is 33.6 Å². The molecule has 1 aliphatic heterocycles. The fraction of sp³-hybridized carbons (Fsp3) is 1.00. The second-order valence-corrected chi connectivity index (χ2v) is 5.05. The van der Waals surface area contributed by atoms with E-state index in [1.54, 1.807) is 0 Å². The van der Waals surface area contributed by atoms with E-state index in [0.717, 1.165) is 12.8 Å². The van der Waals surface area contributed by atoms with Crippen LogP contribution in [-0.4, -0.2) is 23.4 Å². The van der Waals surface area contributed by atoms with E-state index in [-0.39, 0.29) is 18.3 Å². The third kappa shape index (κ3) is 2.54. The highest BCUT2D eigenvalue weighted by Crippen LogP contribution is 2.37. The van der Waals surface area contributed by atoms with E-state index >= 15 is 0 Å². The summed E-state index contributed by atoms with van der Waals surface area (Å²) in [4.78, 5) is 0. The Labute approximate surface area is 94.0 Å². The highest BCUT2D eigenvalue weighted by molar-refractivity contribution is 4.90. The van der Waals surface area contributed by atoms with Crippen molar-refractivity contribution < 1.29 is 9.84 Å². The van der Waals surface area contributed by atoms with E-state index in [1.807, 2.05) is 0 Å². The van der Waals surface area contributed by atoms with E-state index in [0.29, 0.717) is 17.8 Å². The van der Waals surface area contributed by atoms with Gasteiger partial charge in [0, 0.05) is 5.92 Å². The SMILES string of the molecule is CCC(CC)C(O)C1C(C)OC(C)C1C. The summed E-state index contributed by atoms with van der Waals surface area (Å²) in [5, 5.41) is 10.4. The van der Waals surface area contributed by atoms with E-state index in [9.17, 15) is 5.11 Å². The molecule has 1 saturated heterocycles. The molecule has 0 aromatic carbocycles. The Balaban J connectivity index is 2.69. The molecule has 1 rings (SSSR count). The number of aliphatic hydroxyl groups is 1. The molecule has 0 saturated carbocycles. The smallest absolute Gasteiger partial charge is 0.0624 e. The zero-order chi connectivity index (χ0) is 11.6. The van der Waals surface area contributed by atoms with Crippen molar-refractivity contribution in [3.8, 4) is 0 Å². The molecule has 0 aromatic heterocycles. The molecule has 1 aliphatic rings. The minimum absolute atomic E-state index is 0.199. The van der Waals surface area contributed by atoms with Crippen LogP contribution in [0.15, 0.2) is 0 Å². The molecule has 0 radical (unpaired) electrons. The van der Waals surface area contributed by atoms with Crippen LogP contribution in [0.2, 0.25) is 0 Å². The second-order valence-electron chi connectivity index (χ2n) is 5.05. The van der Waals surface area contributed by atoms with Crippen LogP contribution >= 0.6 is 0 Å². The van der Waals surface area contributed by atoms with Crippen LogP contribution in [0.3, 0.4) is 0 Å². The van der Waals surface area contributed by atoms with Gasteiger partial charge in [-0.2, -0.15) is 0 Å². The topological polar surface area (TPSA) is 29.5 Å². The summed E-state index contributed by atoms with van der Waals surface area (Å²) in [6.07, 6.45) is 2.40. The van der Waals surface area contributed by atoms with Crippen molar-refractivity contribution in [2.24, 2.45) is 17.8 Å². The fourth-order valence-electron chi connectivity index (χ4n) is 2.97. The molecular weight excluding hydrogens is 188 g/mol. The van der Waals surface area contributed by atoms with Crippen LogP contribution in [0.1, 0.15) is 47.5 Å². The molecule has 1 N–H and O–H groups in total. The van der Waals surface area contributed by atoms with Gasteiger partial charge in [-0.3, -0.25) is 0 Å². The average Bonchev–Trinajstić information content (AvgIpc) is 2.43. The number of ether oxygens (including phenoxy) is 1. The number of rotatable bonds is 4. The summed E-state index contributed by atoms with van der Waals surface area (Å²) in [7, 11) is 0. The van der Waals surface area contributed by atoms with Crippen molar-refractivity contribution in [2.75, 3.05) is 0 Å². The first-order chi connectivity index (χ1) is 7.02. The largest absolute Gasteiger partial charge is 0.392 e. The highest BCUT2D eigenvalue weighted by atomic mass is 16.5. The predicted molar refractivity (Wildman–Crippen MR) is 62.7 cm³/mol. The maximum absolute atomic E-state index is 10.4. The highest BCUT2D eigenvalue weighted by Gasteiger charge is 2.42. The Bertz CT molecular complexity index is 189. The van der Waals surface area contributed by atoms with Crippen molar-refractivity contribution in [1.82, 2.24) is 0 Å². The first kappa shape index (κ1) is 13.0. The van der Waals surface area contributed by atoms with Crippen LogP contribution in [0, 0.1) is 17.8 Å². The van der Waals surface area contributed by atoms with Crippen molar-refractivity contribution in [2.45, 2.75) is 65.8 Å². The van der Waals surface area contributed by atoms with Gasteiger partial charge in [0.25, 0.3) is 0 Å². The minimum atomic E-state index is -0.199. The van der Waals surface area contributed by atoms with Crippen molar-refractivity contribution in [3.05, 3.63) is 0 Å². The number of hydrogen-bond acceptors (Lipinski definition) is 2. The molecule has 5 unspecified atom stereocenters. The third-order valence-corrected chi connectivity index (χ3v) is 4.24. The van der Waals surface area contributed by atoms with Gasteiger partial charge in [0.1, 0.15) is 0 Å². The quantitative estimate of drug-likeness (QED) is 0.779. The zero-order valence-corrected chi connectivity index (χ0v) is 10.7. The lowest BCUT2D eigenvalue weighted by atomic mass is 9.78. The molecule has 2 heteroatoms. The lowest BCUT2D eigenvalue weighted by Gasteiger charge is -2.30. The van der Waals surface area contributed by atoms with E-state index in [1.165, 1.54) is 0 Å². The lowest BCUT2D eigenvalue weighted by molar-refractivity contribution is -0.00301. The Kier molecular flexibility index (Phi) is 4.60. The zero-order valence-electron chi connectivity index (χ0n) is 10.7. The van der Waals surface area contributed by atoms with Crippen molar-refractivity contribution in [3.63, 3.8) is 0 Å². The van der Waals surface area contributed by atoms with Crippen LogP contribution in [-0.2, 0) is 4.74 Å². The van der Waals surface area contributed by atoms with Gasteiger partial charge in [0.15, 0.2) is 0 Å². The van der Waals surface area contributed by atoms with Crippen LogP contribution in [0.25, 0.3) is 0 Å². The lowest BCUT2D eigenvalue weighted by Crippen LogP contribution is -2.36. The van der Waals surface area contributed by atoms with Gasteiger partial charge >= 0.3 is 0 Å². The van der Waals surface area contributed by atoms with E-state index in [4.69, 9.17) is 4.74 Å². The molecule has 1 fully saturated rings. The summed E-state index contributed by atoms with van der Waals surface area (Å²) < 4.78 is 5.79. The molecular formula is C13H26O2. The van der Waals surface area contributed by atoms with Gasteiger partial charge in [-0.05, 0) is 25.7 Å². The minimum Gasteiger partial charge on any atom is -0.392 e. The van der Waals surface area contributed by atoms with Gasteiger partial charge in [0.05, 0.1) is 18.3 Å². The summed E-state index contributed by atoms with van der Waals surface area (Å²) in [5.74, 6) is 1.20. The molecule has 0 amide bonds. The summed E-state index contributed by atoms with van der Waals surface area (Å²) in [6, 6.07) is 0. The summed E-state index contributed by atoms with van der Waals surface area (Å²) >= 11 is 0. The van der Waals surface area contributed by atoms with E-state index < -0.39 is 0 Å². The Hall–Kier alpha value is -0.0800. The Morgan fingerprint density at radius 3 is 1.93 bits per heavy atom. The second kappa shape index (κ2) is 5.31. The molecule has 0 bridgehead atoms. The Morgan fingerprint density at radius 1 is 1.07 bits per heavy atom. The molecule has 0 spiro atoms. The fourth-order valence-corrected chi connectivity index (χ4v) is 2.97. The monoisotopic (exact) mass is 214 g/mol. The summed E-state index contributed by atoms with van der Waals surface area (Å²) in [6.45, 7) is 10.7. The first-order valence-electron chi connectivity index (χ1n) is 6.36. The number of aliphatic hydroxyl groups excluding tert-OH is 1. The molecule has 0 aromatic rings. The van der Waals surface area contributed by atoms with Gasteiger partial charge in [-0.15, -0.1) is 0 Å². The molecule has 2 nitrogen and oxygen atoms in total. The van der Waals surface area contributed by atoms with Gasteiger partial charge in [0.2, 0.25) is 0 Å². The van der Waals surface area contributed by atoms with Crippen molar-refractivity contribution in [1.29, 1.82) is 0 Å². The first-order valence-corrected chi connectivity index (χ1v) is 6.36. The van der Waals surface area contributed by atoms with Crippen molar-refractivity contribution >= 4 is 0 Å². The number of hydrogen-bond donors (Lipinski definition) is 1. The van der Waals surface area contributed by atoms with Gasteiger partial charge in [-0.25, -0.2) is 0 Å². The molecule has 1 heterocycles. The van der Waals surface area contributed by atoms with Crippen LogP contribution < -0.4 is 0 Å². The maximum atomic E-state index is 10.4. The predicted octanol–water partition coefficient (Wildman–Crippen LogP) is 2.84. The normalized spacial score (nSPS) is 38.6. The maximum Gasteiger partial charge on any atom is 0.0624 e. The molecule has 0 aliphatic carbocycles. The van der Waals surface area contributed by atoms with Gasteiger partial charge < -0.3 is 9.84 Å². The summed E-state index contributed by atoms with van der Waals surface area (Å²) in [5.41, 5.74) is 0. The Morgan fingerprint density at radius 2 is 1.60 bits per heavy atom. The van der Waals surface area contributed by atoms with E-state index in [2.05, 4.69) is 34.6 Å². The third-order valence-electron chi connectivity index (χ3n) is 4.24. The molecule has 15 heavy (non-hydrogen) atoms. The standard InChI is InChI=1S/C13H26O2/c1-6-11(7-2)13(14)12-8(3)9(4)15-10(12)5/h8-14H,6-7H2,1-5H3. The average molecular weight is 214 g/mol. The molecule has 5 atom stereocenters. The molecule has 90 valence electrons. The van der Waals surface area contributed by atoms with Crippen LogP contribution in [0.4, 0.5) is 0 Å². The van der Waals surface area contributed by atoms with Crippen LogP contribution in [0.5, 0.6) is 0 Å².